The third-order valence-electron chi connectivity index (χ3n) is 1.57. The first kappa shape index (κ1) is 16.3. The summed E-state index contributed by atoms with van der Waals surface area (Å²) in [4.78, 5) is 0. The fourth-order valence-corrected chi connectivity index (χ4v) is 13.0. The highest BCUT2D eigenvalue weighted by Gasteiger charge is 2.37. The van der Waals surface area contributed by atoms with Gasteiger partial charge in [0.25, 0.3) is 0 Å². The molecule has 0 saturated carbocycles. The minimum atomic E-state index is -2.18. The molecular formula is C10H27NO2Si3. The van der Waals surface area contributed by atoms with E-state index in [-0.39, 0.29) is 0 Å². The summed E-state index contributed by atoms with van der Waals surface area (Å²) in [5.74, 6) is 0. The minimum absolute atomic E-state index is 0.548. The Morgan fingerprint density at radius 3 is 1.50 bits per heavy atom. The lowest BCUT2D eigenvalue weighted by Crippen LogP contribution is -2.51. The lowest BCUT2D eigenvalue weighted by atomic mass is 10.7. The van der Waals surface area contributed by atoms with Gasteiger partial charge in [-0.1, -0.05) is 6.08 Å². The van der Waals surface area contributed by atoms with E-state index in [0.29, 0.717) is 6.54 Å². The number of hydrogen-bond acceptors (Lipinski definition) is 3. The van der Waals surface area contributed by atoms with Gasteiger partial charge in [0.05, 0.1) is 0 Å². The third-order valence-corrected chi connectivity index (χ3v) is 10.6. The molecule has 6 heteroatoms. The van der Waals surface area contributed by atoms with E-state index >= 15 is 0 Å². The topological polar surface area (TPSA) is 44.5 Å². The van der Waals surface area contributed by atoms with Crippen molar-refractivity contribution in [2.45, 2.75) is 45.8 Å². The zero-order valence-electron chi connectivity index (χ0n) is 11.8. The smallest absolute Gasteiger partial charge is 0.341 e. The molecule has 0 saturated heterocycles. The van der Waals surface area contributed by atoms with Crippen LogP contribution in [0.15, 0.2) is 11.8 Å². The molecule has 3 nitrogen and oxygen atoms in total. The monoisotopic (exact) mass is 277 g/mol. The van der Waals surface area contributed by atoms with Crippen LogP contribution in [0.4, 0.5) is 0 Å². The van der Waals surface area contributed by atoms with Gasteiger partial charge in [0.1, 0.15) is 0 Å². The maximum absolute atomic E-state index is 6.25. The van der Waals surface area contributed by atoms with Gasteiger partial charge >= 0.3 is 8.56 Å². The van der Waals surface area contributed by atoms with E-state index in [1.165, 1.54) is 0 Å². The zero-order chi connectivity index (χ0) is 13.0. The predicted octanol–water partition coefficient (Wildman–Crippen LogP) is 2.82. The van der Waals surface area contributed by atoms with Gasteiger partial charge in [-0.05, 0) is 51.5 Å². The number of nitrogens with two attached hydrogens (primary N) is 1. The van der Waals surface area contributed by atoms with E-state index in [0.717, 1.165) is 0 Å². The number of rotatable bonds is 6. The standard InChI is InChI=1S/C10H27NO2Si3/c1-14(2,3)12-16(7,10-8-9-11)13-15(4,5)6/h8,10H,9,11H2,1-7H3/b10-8+. The summed E-state index contributed by atoms with van der Waals surface area (Å²) in [5.41, 5.74) is 7.60. The van der Waals surface area contributed by atoms with Gasteiger partial charge in [-0.15, -0.1) is 0 Å². The van der Waals surface area contributed by atoms with Crippen LogP contribution >= 0.6 is 0 Å². The van der Waals surface area contributed by atoms with Crippen molar-refractivity contribution in [3.63, 3.8) is 0 Å². The van der Waals surface area contributed by atoms with Crippen molar-refractivity contribution in [2.75, 3.05) is 6.54 Å². The average Bonchev–Trinajstić information content (AvgIpc) is 1.93. The molecule has 0 aliphatic carbocycles. The lowest BCUT2D eigenvalue weighted by molar-refractivity contribution is 0.403. The molecule has 16 heavy (non-hydrogen) atoms. The van der Waals surface area contributed by atoms with Crippen molar-refractivity contribution in [3.8, 4) is 0 Å². The lowest BCUT2D eigenvalue weighted by Gasteiger charge is -2.36. The fourth-order valence-electron chi connectivity index (χ4n) is 1.59. The Morgan fingerprint density at radius 1 is 0.875 bits per heavy atom. The van der Waals surface area contributed by atoms with E-state index in [1.54, 1.807) is 0 Å². The molecule has 0 fully saturated rings. The summed E-state index contributed by atoms with van der Waals surface area (Å²) >= 11 is 0. The minimum Gasteiger partial charge on any atom is -0.434 e. The van der Waals surface area contributed by atoms with Gasteiger partial charge in [0.2, 0.25) is 0 Å². The Labute approximate surface area is 104 Å². The van der Waals surface area contributed by atoms with Crippen LogP contribution in [0.1, 0.15) is 0 Å². The van der Waals surface area contributed by atoms with Crippen LogP contribution in [-0.2, 0) is 8.23 Å². The molecule has 0 aromatic rings. The molecule has 0 heterocycles. The van der Waals surface area contributed by atoms with Crippen LogP contribution in [0.3, 0.4) is 0 Å². The molecule has 0 bridgehead atoms. The van der Waals surface area contributed by atoms with Crippen LogP contribution in [0.5, 0.6) is 0 Å². The molecule has 0 aliphatic heterocycles. The molecule has 0 amide bonds. The molecular weight excluding hydrogens is 250 g/mol. The first-order valence-electron chi connectivity index (χ1n) is 5.76. The fraction of sp³-hybridized carbons (Fsp3) is 0.800. The molecule has 0 aromatic heterocycles. The van der Waals surface area contributed by atoms with Crippen LogP contribution < -0.4 is 5.73 Å². The Kier molecular flexibility index (Phi) is 5.84. The quantitative estimate of drug-likeness (QED) is 0.759. The van der Waals surface area contributed by atoms with Gasteiger partial charge < -0.3 is 14.0 Å². The molecule has 96 valence electrons. The molecule has 0 radical (unpaired) electrons. The highest BCUT2D eigenvalue weighted by Crippen LogP contribution is 2.21. The first-order chi connectivity index (χ1) is 6.97. The van der Waals surface area contributed by atoms with E-state index < -0.39 is 25.2 Å². The molecule has 2 N–H and O–H groups in total. The van der Waals surface area contributed by atoms with Gasteiger partial charge in [0, 0.05) is 6.54 Å². The van der Waals surface area contributed by atoms with Crippen molar-refractivity contribution in [3.05, 3.63) is 11.8 Å². The maximum atomic E-state index is 6.25. The summed E-state index contributed by atoms with van der Waals surface area (Å²) in [6.07, 6.45) is 1.96. The van der Waals surface area contributed by atoms with Gasteiger partial charge in [0.15, 0.2) is 16.6 Å². The van der Waals surface area contributed by atoms with Crippen molar-refractivity contribution in [2.24, 2.45) is 5.73 Å². The van der Waals surface area contributed by atoms with Crippen molar-refractivity contribution < 1.29 is 8.23 Å². The normalized spacial score (nSPS) is 14.8. The highest BCUT2D eigenvalue weighted by atomic mass is 28.5. The molecule has 0 unspecified atom stereocenters. The first-order valence-corrected chi connectivity index (χ1v) is 15.0. The van der Waals surface area contributed by atoms with E-state index in [9.17, 15) is 0 Å². The van der Waals surface area contributed by atoms with E-state index in [4.69, 9.17) is 14.0 Å². The van der Waals surface area contributed by atoms with E-state index in [1.807, 2.05) is 6.08 Å². The van der Waals surface area contributed by atoms with E-state index in [2.05, 4.69) is 51.5 Å². The Morgan fingerprint density at radius 2 is 1.25 bits per heavy atom. The molecule has 0 aliphatic rings. The molecule has 0 atom stereocenters. The summed E-state index contributed by atoms with van der Waals surface area (Å²) in [6, 6.07) is 0. The van der Waals surface area contributed by atoms with Gasteiger partial charge in [-0.2, -0.15) is 0 Å². The summed E-state index contributed by atoms with van der Waals surface area (Å²) in [6.45, 7) is 15.8. The van der Waals surface area contributed by atoms with Crippen LogP contribution in [0.25, 0.3) is 0 Å². The zero-order valence-corrected chi connectivity index (χ0v) is 14.8. The third kappa shape index (κ3) is 8.43. The Balaban J connectivity index is 4.82. The van der Waals surface area contributed by atoms with Gasteiger partial charge in [-0.3, -0.25) is 0 Å². The maximum Gasteiger partial charge on any atom is 0.341 e. The van der Waals surface area contributed by atoms with Crippen LogP contribution in [0, 0.1) is 0 Å². The van der Waals surface area contributed by atoms with Crippen LogP contribution in [0.2, 0.25) is 45.8 Å². The predicted molar refractivity (Wildman–Crippen MR) is 78.7 cm³/mol. The average molecular weight is 278 g/mol. The molecule has 0 rings (SSSR count). The largest absolute Gasteiger partial charge is 0.434 e. The van der Waals surface area contributed by atoms with Crippen molar-refractivity contribution in [1.82, 2.24) is 0 Å². The van der Waals surface area contributed by atoms with Crippen molar-refractivity contribution >= 4 is 25.2 Å². The summed E-state index contributed by atoms with van der Waals surface area (Å²) < 4.78 is 12.5. The SMILES string of the molecule is C[Si](C)(C)O[Si](C)(/C=C/CN)O[Si](C)(C)C. The second-order valence-corrected chi connectivity index (χ2v) is 18.5. The Hall–Kier alpha value is 0.271. The Bertz CT molecular complexity index is 227. The van der Waals surface area contributed by atoms with Crippen molar-refractivity contribution in [1.29, 1.82) is 0 Å². The van der Waals surface area contributed by atoms with Crippen LogP contribution in [-0.4, -0.2) is 31.7 Å². The summed E-state index contributed by atoms with van der Waals surface area (Å²) in [5, 5.41) is 0. The van der Waals surface area contributed by atoms with Gasteiger partial charge in [-0.25, -0.2) is 0 Å². The highest BCUT2D eigenvalue weighted by molar-refractivity contribution is 6.89. The number of hydrogen-bond donors (Lipinski definition) is 1. The second-order valence-electron chi connectivity index (χ2n) is 6.08. The summed E-state index contributed by atoms with van der Waals surface area (Å²) in [7, 11) is -5.33. The second kappa shape index (κ2) is 5.74. The molecule has 0 aromatic carbocycles. The molecule has 0 spiro atoms.